The normalized spacial score (nSPS) is 10.7. The largest absolute Gasteiger partial charge is 0.288 e. The molecule has 104 valence electrons. The molecule has 0 spiro atoms. The van der Waals surface area contributed by atoms with Gasteiger partial charge in [0.15, 0.2) is 5.78 Å². The molecule has 0 radical (unpaired) electrons. The van der Waals surface area contributed by atoms with Crippen molar-refractivity contribution in [3.63, 3.8) is 0 Å². The Hall–Kier alpha value is 0.230. The Labute approximate surface area is 152 Å². The fourth-order valence-corrected chi connectivity index (χ4v) is 3.45. The van der Waals surface area contributed by atoms with Crippen molar-refractivity contribution in [2.45, 2.75) is 0 Å². The van der Waals surface area contributed by atoms with Crippen LogP contribution < -0.4 is 0 Å². The highest BCUT2D eigenvalue weighted by atomic mass is 79.9. The molecule has 0 N–H and O–H groups in total. The Morgan fingerprint density at radius 2 is 1.55 bits per heavy atom. The molecule has 0 saturated carbocycles. The summed E-state index contributed by atoms with van der Waals surface area (Å²) in [5, 5.41) is 0.501. The van der Waals surface area contributed by atoms with E-state index in [4.69, 9.17) is 46.4 Å². The van der Waals surface area contributed by atoms with Crippen LogP contribution in [0.25, 0.3) is 0 Å². The zero-order valence-corrected chi connectivity index (χ0v) is 15.7. The maximum Gasteiger partial charge on any atom is 0.197 e. The summed E-state index contributed by atoms with van der Waals surface area (Å²) < 4.78 is 1.39. The highest BCUT2D eigenvalue weighted by Crippen LogP contribution is 2.39. The molecule has 0 amide bonds. The molecule has 0 aromatic heterocycles. The van der Waals surface area contributed by atoms with Gasteiger partial charge in [-0.05, 0) is 24.3 Å². The van der Waals surface area contributed by atoms with Crippen molar-refractivity contribution in [1.29, 1.82) is 0 Å². The molecule has 0 atom stereocenters. The Morgan fingerprint density at radius 1 is 0.900 bits per heavy atom. The quantitative estimate of drug-likeness (QED) is 0.257. The molecule has 0 aliphatic heterocycles. The summed E-state index contributed by atoms with van der Waals surface area (Å²) in [6.07, 6.45) is 0. The van der Waals surface area contributed by atoms with E-state index in [-0.39, 0.29) is 31.4 Å². The number of ketones is 1. The smallest absolute Gasteiger partial charge is 0.197 e. The summed E-state index contributed by atoms with van der Waals surface area (Å²) in [4.78, 5) is 12.6. The zero-order chi connectivity index (χ0) is 15.0. The van der Waals surface area contributed by atoms with Crippen LogP contribution in [0.4, 0.5) is 0 Å². The summed E-state index contributed by atoms with van der Waals surface area (Å²) in [6, 6.07) is 6.62. The number of rotatable bonds is 2. The highest BCUT2D eigenvalue weighted by molar-refractivity contribution is 9.11. The van der Waals surface area contributed by atoms with Crippen molar-refractivity contribution in [3.05, 3.63) is 64.4 Å². The van der Waals surface area contributed by atoms with Crippen LogP contribution >= 0.6 is 78.3 Å². The number of carbonyl (C=O) groups is 1. The first kappa shape index (κ1) is 16.6. The lowest BCUT2D eigenvalue weighted by Crippen LogP contribution is -2.05. The predicted molar refractivity (Wildman–Crippen MR) is 91.8 cm³/mol. The third kappa shape index (κ3) is 3.18. The van der Waals surface area contributed by atoms with E-state index >= 15 is 0 Å². The van der Waals surface area contributed by atoms with Crippen molar-refractivity contribution in [3.8, 4) is 0 Å². The van der Waals surface area contributed by atoms with Crippen LogP contribution in [0, 0.1) is 0 Å². The van der Waals surface area contributed by atoms with E-state index in [0.29, 0.717) is 10.0 Å². The summed E-state index contributed by atoms with van der Waals surface area (Å²) in [5.41, 5.74) is 0.545. The number of benzene rings is 2. The average Bonchev–Trinajstić information content (AvgIpc) is 2.39. The minimum absolute atomic E-state index is 0.0426. The Balaban J connectivity index is 2.66. The maximum atomic E-state index is 12.6. The highest BCUT2D eigenvalue weighted by Gasteiger charge is 2.22. The lowest BCUT2D eigenvalue weighted by atomic mass is 10.0. The predicted octanol–water partition coefficient (Wildman–Crippen LogP) is 7.06. The standard InChI is InChI=1S/C13H4Br2Cl4O/c14-5-1-2-7(15)6(3-5)13(20)10-8(16)4-9(17)11(18)12(10)19/h1-4H. The van der Waals surface area contributed by atoms with Gasteiger partial charge < -0.3 is 0 Å². The molecule has 0 heterocycles. The molecule has 0 aliphatic rings. The lowest BCUT2D eigenvalue weighted by molar-refractivity contribution is 0.103. The maximum absolute atomic E-state index is 12.6. The van der Waals surface area contributed by atoms with Crippen LogP contribution in [0.5, 0.6) is 0 Å². The second-order valence-corrected chi connectivity index (χ2v) is 7.14. The first-order valence-electron chi connectivity index (χ1n) is 5.15. The minimum atomic E-state index is -0.341. The molecular weight excluding hydrogens is 474 g/mol. The number of hydrogen-bond donors (Lipinski definition) is 0. The van der Waals surface area contributed by atoms with Crippen molar-refractivity contribution in [2.24, 2.45) is 0 Å². The molecular formula is C13H4Br2Cl4O. The van der Waals surface area contributed by atoms with E-state index < -0.39 is 0 Å². The van der Waals surface area contributed by atoms with Gasteiger partial charge in [0.1, 0.15) is 0 Å². The topological polar surface area (TPSA) is 17.1 Å². The zero-order valence-electron chi connectivity index (χ0n) is 9.49. The summed E-state index contributed by atoms with van der Waals surface area (Å²) in [6.45, 7) is 0. The first-order chi connectivity index (χ1) is 9.32. The van der Waals surface area contributed by atoms with Crippen molar-refractivity contribution in [1.82, 2.24) is 0 Å². The summed E-state index contributed by atoms with van der Waals surface area (Å²) in [5.74, 6) is -0.341. The van der Waals surface area contributed by atoms with Gasteiger partial charge in [-0.25, -0.2) is 0 Å². The fourth-order valence-electron chi connectivity index (χ4n) is 1.58. The van der Waals surface area contributed by atoms with Crippen LogP contribution in [0.3, 0.4) is 0 Å². The minimum Gasteiger partial charge on any atom is -0.288 e. The third-order valence-electron chi connectivity index (χ3n) is 2.51. The lowest BCUT2D eigenvalue weighted by Gasteiger charge is -2.10. The molecule has 7 heteroatoms. The van der Waals surface area contributed by atoms with Crippen LogP contribution in [-0.4, -0.2) is 5.78 Å². The molecule has 20 heavy (non-hydrogen) atoms. The molecule has 0 unspecified atom stereocenters. The van der Waals surface area contributed by atoms with E-state index in [1.54, 1.807) is 18.2 Å². The van der Waals surface area contributed by atoms with Crippen LogP contribution in [-0.2, 0) is 0 Å². The van der Waals surface area contributed by atoms with Gasteiger partial charge in [0, 0.05) is 14.5 Å². The van der Waals surface area contributed by atoms with E-state index in [2.05, 4.69) is 31.9 Å². The van der Waals surface area contributed by atoms with Gasteiger partial charge in [0.25, 0.3) is 0 Å². The molecule has 0 fully saturated rings. The van der Waals surface area contributed by atoms with Gasteiger partial charge in [-0.2, -0.15) is 0 Å². The van der Waals surface area contributed by atoms with E-state index in [0.717, 1.165) is 4.47 Å². The SMILES string of the molecule is O=C(c1cc(Br)ccc1Br)c1c(Cl)cc(Cl)c(Cl)c1Cl. The Kier molecular flexibility index (Phi) is 5.44. The van der Waals surface area contributed by atoms with Gasteiger partial charge in [-0.15, -0.1) is 0 Å². The second-order valence-electron chi connectivity index (χ2n) is 3.80. The van der Waals surface area contributed by atoms with Crippen molar-refractivity contribution in [2.75, 3.05) is 0 Å². The van der Waals surface area contributed by atoms with E-state index in [1.165, 1.54) is 6.07 Å². The number of hydrogen-bond acceptors (Lipinski definition) is 1. The molecule has 2 rings (SSSR count). The van der Waals surface area contributed by atoms with Crippen LogP contribution in [0.2, 0.25) is 20.1 Å². The molecule has 2 aromatic carbocycles. The van der Waals surface area contributed by atoms with Crippen molar-refractivity contribution >= 4 is 84.0 Å². The molecule has 0 bridgehead atoms. The van der Waals surface area contributed by atoms with Gasteiger partial charge in [0.05, 0.1) is 25.7 Å². The molecule has 0 aliphatic carbocycles. The first-order valence-corrected chi connectivity index (χ1v) is 8.25. The fraction of sp³-hybridized carbons (Fsp3) is 0. The Morgan fingerprint density at radius 3 is 2.20 bits per heavy atom. The van der Waals surface area contributed by atoms with Crippen molar-refractivity contribution < 1.29 is 4.79 Å². The van der Waals surface area contributed by atoms with Crippen LogP contribution in [0.15, 0.2) is 33.2 Å². The summed E-state index contributed by atoms with van der Waals surface area (Å²) in [7, 11) is 0. The van der Waals surface area contributed by atoms with E-state index in [1.807, 2.05) is 0 Å². The monoisotopic (exact) mass is 474 g/mol. The van der Waals surface area contributed by atoms with E-state index in [9.17, 15) is 4.79 Å². The average molecular weight is 478 g/mol. The van der Waals surface area contributed by atoms with Gasteiger partial charge >= 0.3 is 0 Å². The molecule has 0 saturated heterocycles. The number of halogens is 6. The number of carbonyl (C=O) groups excluding carboxylic acids is 1. The third-order valence-corrected chi connectivity index (χ3v) is 5.26. The Bertz CT molecular complexity index is 716. The van der Waals surface area contributed by atoms with Gasteiger partial charge in [-0.3, -0.25) is 4.79 Å². The van der Waals surface area contributed by atoms with Gasteiger partial charge in [0.2, 0.25) is 0 Å². The molecule has 1 nitrogen and oxygen atoms in total. The van der Waals surface area contributed by atoms with Crippen LogP contribution in [0.1, 0.15) is 15.9 Å². The molecule has 2 aromatic rings. The van der Waals surface area contributed by atoms with Gasteiger partial charge in [-0.1, -0.05) is 78.3 Å². The second kappa shape index (κ2) is 6.55. The summed E-state index contributed by atoms with van der Waals surface area (Å²) >= 11 is 30.6.